The number of anilines is 1. The number of ether oxygens (including phenoxy) is 1. The first-order valence-corrected chi connectivity index (χ1v) is 8.84. The summed E-state index contributed by atoms with van der Waals surface area (Å²) in [5.41, 5.74) is 1.46. The number of alkyl carbamates (subject to hydrolysis) is 1. The Hall–Kier alpha value is -2.31. The Balaban J connectivity index is 1.63. The van der Waals surface area contributed by atoms with Gasteiger partial charge in [-0.2, -0.15) is 0 Å². The Morgan fingerprint density at radius 3 is 2.80 bits per heavy atom. The smallest absolute Gasteiger partial charge is 0.407 e. The van der Waals surface area contributed by atoms with Crippen LogP contribution in [0.1, 0.15) is 46.5 Å². The molecule has 1 aliphatic rings. The van der Waals surface area contributed by atoms with E-state index in [-0.39, 0.29) is 18.2 Å². The fourth-order valence-corrected chi connectivity index (χ4v) is 3.33. The maximum absolute atomic E-state index is 12.0. The van der Waals surface area contributed by atoms with Crippen LogP contribution in [-0.4, -0.2) is 38.3 Å². The van der Waals surface area contributed by atoms with Crippen LogP contribution in [0.25, 0.3) is 11.0 Å². The Morgan fingerprint density at radius 2 is 2.04 bits per heavy atom. The number of imidazole rings is 1. The van der Waals surface area contributed by atoms with Gasteiger partial charge in [-0.1, -0.05) is 0 Å². The van der Waals surface area contributed by atoms with Gasteiger partial charge in [-0.3, -0.25) is 0 Å². The summed E-state index contributed by atoms with van der Waals surface area (Å²) < 4.78 is 7.34. The molecule has 25 heavy (non-hydrogen) atoms. The minimum atomic E-state index is -0.477. The number of pyridine rings is 1. The first kappa shape index (κ1) is 17.5. The number of aryl methyl sites for hydroxylation is 1. The van der Waals surface area contributed by atoms with Crippen molar-refractivity contribution in [3.05, 3.63) is 18.6 Å². The summed E-state index contributed by atoms with van der Waals surface area (Å²) in [4.78, 5) is 20.9. The predicted molar refractivity (Wildman–Crippen MR) is 97.5 cm³/mol. The molecule has 2 atom stereocenters. The fraction of sp³-hybridized carbons (Fsp3) is 0.611. The molecule has 1 amide bonds. The van der Waals surface area contributed by atoms with Crippen LogP contribution in [0.15, 0.2) is 18.6 Å². The second-order valence-electron chi connectivity index (χ2n) is 7.73. The molecule has 0 unspecified atom stereocenters. The van der Waals surface area contributed by atoms with E-state index < -0.39 is 5.60 Å². The lowest BCUT2D eigenvalue weighted by molar-refractivity contribution is 0.0492. The zero-order valence-corrected chi connectivity index (χ0v) is 15.4. The van der Waals surface area contributed by atoms with Crippen LogP contribution in [0, 0.1) is 0 Å². The molecular formula is C18H27N5O2. The van der Waals surface area contributed by atoms with Crippen molar-refractivity contribution in [3.63, 3.8) is 0 Å². The van der Waals surface area contributed by atoms with Gasteiger partial charge in [-0.05, 0) is 52.5 Å². The minimum absolute atomic E-state index is 0.117. The molecule has 136 valence electrons. The molecule has 0 spiro atoms. The third-order valence-corrected chi connectivity index (χ3v) is 4.36. The van der Waals surface area contributed by atoms with Crippen LogP contribution >= 0.6 is 0 Å². The highest BCUT2D eigenvalue weighted by atomic mass is 16.6. The minimum Gasteiger partial charge on any atom is -0.444 e. The summed E-state index contributed by atoms with van der Waals surface area (Å²) >= 11 is 0. The van der Waals surface area contributed by atoms with E-state index in [1.165, 1.54) is 0 Å². The molecule has 7 heteroatoms. The van der Waals surface area contributed by atoms with Crippen molar-refractivity contribution in [2.75, 3.05) is 5.32 Å². The van der Waals surface area contributed by atoms with Crippen molar-refractivity contribution >= 4 is 22.9 Å². The average Bonchev–Trinajstić information content (AvgIpc) is 2.88. The quantitative estimate of drug-likeness (QED) is 0.893. The van der Waals surface area contributed by atoms with Crippen LogP contribution < -0.4 is 10.6 Å². The van der Waals surface area contributed by atoms with Gasteiger partial charge in [0, 0.05) is 25.3 Å². The Morgan fingerprint density at radius 1 is 1.28 bits per heavy atom. The van der Waals surface area contributed by atoms with Gasteiger partial charge < -0.3 is 19.9 Å². The number of hydrogen-bond acceptors (Lipinski definition) is 5. The number of nitrogens with zero attached hydrogens (tertiary/aromatic N) is 3. The number of aromatic nitrogens is 3. The number of hydrogen-bond donors (Lipinski definition) is 2. The van der Waals surface area contributed by atoms with Crippen molar-refractivity contribution in [2.45, 2.75) is 64.1 Å². The Bertz CT molecular complexity index is 749. The fourth-order valence-electron chi connectivity index (χ4n) is 3.33. The molecule has 0 saturated heterocycles. The lowest BCUT2D eigenvalue weighted by Gasteiger charge is -2.31. The molecule has 2 aromatic rings. The van der Waals surface area contributed by atoms with Gasteiger partial charge in [0.25, 0.3) is 0 Å². The highest BCUT2D eigenvalue weighted by molar-refractivity contribution is 5.86. The average molecular weight is 345 g/mol. The molecule has 0 radical (unpaired) electrons. The van der Waals surface area contributed by atoms with Gasteiger partial charge in [0.1, 0.15) is 11.1 Å². The van der Waals surface area contributed by atoms with Gasteiger partial charge in [0.2, 0.25) is 0 Å². The zero-order chi connectivity index (χ0) is 18.0. The van der Waals surface area contributed by atoms with Crippen molar-refractivity contribution in [3.8, 4) is 0 Å². The van der Waals surface area contributed by atoms with Crippen molar-refractivity contribution in [2.24, 2.45) is 7.05 Å². The largest absolute Gasteiger partial charge is 0.444 e. The number of carbonyl (C=O) groups is 1. The second kappa shape index (κ2) is 6.90. The summed E-state index contributed by atoms with van der Waals surface area (Å²) in [5.74, 6) is 0.848. The van der Waals surface area contributed by atoms with Gasteiger partial charge in [0.15, 0.2) is 5.82 Å². The molecule has 0 bridgehead atoms. The molecule has 0 aromatic carbocycles. The maximum atomic E-state index is 12.0. The third-order valence-electron chi connectivity index (χ3n) is 4.36. The molecule has 1 aliphatic carbocycles. The van der Waals surface area contributed by atoms with Crippen molar-refractivity contribution < 1.29 is 9.53 Å². The highest BCUT2D eigenvalue weighted by Crippen LogP contribution is 2.25. The summed E-state index contributed by atoms with van der Waals surface area (Å²) in [6.07, 6.45) is 7.17. The van der Waals surface area contributed by atoms with Gasteiger partial charge in [-0.25, -0.2) is 14.8 Å². The van der Waals surface area contributed by atoms with E-state index in [0.717, 1.165) is 42.5 Å². The van der Waals surface area contributed by atoms with E-state index in [9.17, 15) is 4.79 Å². The van der Waals surface area contributed by atoms with Crippen LogP contribution in [0.5, 0.6) is 0 Å². The van der Waals surface area contributed by atoms with Gasteiger partial charge in [-0.15, -0.1) is 0 Å². The number of rotatable bonds is 3. The van der Waals surface area contributed by atoms with Gasteiger partial charge >= 0.3 is 6.09 Å². The summed E-state index contributed by atoms with van der Waals surface area (Å²) in [5, 5.41) is 6.53. The Labute approximate surface area is 148 Å². The van der Waals surface area contributed by atoms with Crippen LogP contribution in [0.2, 0.25) is 0 Å². The summed E-state index contributed by atoms with van der Waals surface area (Å²) in [6.45, 7) is 5.62. The third kappa shape index (κ3) is 4.41. The molecule has 1 saturated carbocycles. The second-order valence-corrected chi connectivity index (χ2v) is 7.73. The summed E-state index contributed by atoms with van der Waals surface area (Å²) in [7, 11) is 1.97. The monoisotopic (exact) mass is 345 g/mol. The number of fused-ring (bicyclic) bond motifs is 1. The SMILES string of the molecule is Cn1cnc2ccnc(N[C@@H]3CCC[C@H](NC(=O)OC(C)(C)C)C3)c21. The first-order chi connectivity index (χ1) is 11.8. The van der Waals surface area contributed by atoms with E-state index in [1.54, 1.807) is 12.5 Å². The molecule has 0 aliphatic heterocycles. The number of carbonyl (C=O) groups excluding carboxylic acids is 1. The molecule has 3 rings (SSSR count). The summed E-state index contributed by atoms with van der Waals surface area (Å²) in [6, 6.07) is 2.29. The molecule has 7 nitrogen and oxygen atoms in total. The van der Waals surface area contributed by atoms with Gasteiger partial charge in [0.05, 0.1) is 11.8 Å². The normalized spacial score (nSPS) is 21.1. The van der Waals surface area contributed by atoms with E-state index in [4.69, 9.17) is 4.74 Å². The zero-order valence-electron chi connectivity index (χ0n) is 15.4. The van der Waals surface area contributed by atoms with E-state index in [2.05, 4.69) is 20.6 Å². The van der Waals surface area contributed by atoms with Crippen LogP contribution in [0.3, 0.4) is 0 Å². The molecule has 2 N–H and O–H groups in total. The standard InChI is InChI=1S/C18H27N5O2/c1-18(2,3)25-17(24)22-13-7-5-6-12(10-13)21-16-15-14(8-9-19-16)20-11-23(15)4/h8-9,11-13H,5-7,10H2,1-4H3,(H,19,21)(H,22,24)/t12-,13+/m1/s1. The predicted octanol–water partition coefficient (Wildman–Crippen LogP) is 3.22. The molecule has 2 aromatic heterocycles. The van der Waals surface area contributed by atoms with E-state index in [1.807, 2.05) is 38.5 Å². The molecule has 1 fully saturated rings. The lowest BCUT2D eigenvalue weighted by atomic mass is 9.91. The Kier molecular flexibility index (Phi) is 4.83. The number of amides is 1. The maximum Gasteiger partial charge on any atom is 0.407 e. The molecule has 2 heterocycles. The number of nitrogens with one attached hydrogen (secondary N) is 2. The van der Waals surface area contributed by atoms with Crippen LogP contribution in [-0.2, 0) is 11.8 Å². The van der Waals surface area contributed by atoms with E-state index in [0.29, 0.717) is 0 Å². The molecular weight excluding hydrogens is 318 g/mol. The van der Waals surface area contributed by atoms with E-state index >= 15 is 0 Å². The topological polar surface area (TPSA) is 81.1 Å². The first-order valence-electron chi connectivity index (χ1n) is 8.84. The van der Waals surface area contributed by atoms with Crippen molar-refractivity contribution in [1.82, 2.24) is 19.9 Å². The van der Waals surface area contributed by atoms with Crippen molar-refractivity contribution in [1.29, 1.82) is 0 Å². The lowest BCUT2D eigenvalue weighted by Crippen LogP contribution is -2.44. The van der Waals surface area contributed by atoms with Crippen LogP contribution in [0.4, 0.5) is 10.6 Å². The highest BCUT2D eigenvalue weighted by Gasteiger charge is 2.26.